The van der Waals surface area contributed by atoms with Gasteiger partial charge in [0.2, 0.25) is 0 Å². The highest BCUT2D eigenvalue weighted by Crippen LogP contribution is 2.36. The fraction of sp³-hybridized carbons (Fsp3) is 0.659. The molecule has 2 N–H and O–H groups in total. The van der Waals surface area contributed by atoms with Crippen LogP contribution in [0.5, 0.6) is 0 Å². The zero-order valence-corrected chi connectivity index (χ0v) is 32.2. The lowest BCUT2D eigenvalue weighted by molar-refractivity contribution is -0.161. The molecule has 9 heteroatoms. The van der Waals surface area contributed by atoms with E-state index in [0.29, 0.717) is 12.8 Å². The molecule has 50 heavy (non-hydrogen) atoms. The van der Waals surface area contributed by atoms with Crippen LogP contribution in [-0.4, -0.2) is 41.0 Å². The Kier molecular flexibility index (Phi) is 34.5. The maximum atomic E-state index is 12.4. The molecule has 0 aliphatic carbocycles. The van der Waals surface area contributed by atoms with Gasteiger partial charge in [-0.3, -0.25) is 14.1 Å². The molecule has 0 aromatic carbocycles. The number of rotatable bonds is 34. The number of hydrogen-bond donors (Lipinski definition) is 2. The van der Waals surface area contributed by atoms with E-state index in [1.54, 1.807) is 0 Å². The van der Waals surface area contributed by atoms with Crippen molar-refractivity contribution in [2.75, 3.05) is 13.2 Å². The van der Waals surface area contributed by atoms with Gasteiger partial charge in [-0.15, -0.1) is 0 Å². The van der Waals surface area contributed by atoms with Crippen LogP contribution in [0, 0.1) is 0 Å². The van der Waals surface area contributed by atoms with Gasteiger partial charge in [0.05, 0.1) is 6.61 Å². The van der Waals surface area contributed by atoms with E-state index in [9.17, 15) is 14.2 Å². The summed E-state index contributed by atoms with van der Waals surface area (Å²) in [5, 5.41) is 0. The molecular weight excluding hydrogens is 651 g/mol. The van der Waals surface area contributed by atoms with Crippen LogP contribution in [0.3, 0.4) is 0 Å². The number of allylic oxidation sites excluding steroid dienone is 12. The topological polar surface area (TPSA) is 119 Å². The molecule has 0 aromatic rings. The van der Waals surface area contributed by atoms with Gasteiger partial charge < -0.3 is 19.3 Å². The minimum absolute atomic E-state index is 0.183. The molecule has 0 fully saturated rings. The second-order valence-corrected chi connectivity index (χ2v) is 13.8. The third-order valence-electron chi connectivity index (χ3n) is 7.71. The Hall–Kier alpha value is -2.51. The molecule has 0 aromatic heterocycles. The van der Waals surface area contributed by atoms with Gasteiger partial charge in [-0.2, -0.15) is 0 Å². The highest BCUT2D eigenvalue weighted by Gasteiger charge is 2.22. The second kappa shape index (κ2) is 36.3. The number of phosphoric acid groups is 1. The van der Waals surface area contributed by atoms with Crippen molar-refractivity contribution in [2.45, 2.75) is 161 Å². The number of phosphoric ester groups is 1. The first-order chi connectivity index (χ1) is 24.3. The van der Waals surface area contributed by atoms with Crippen LogP contribution in [0.1, 0.15) is 155 Å². The van der Waals surface area contributed by atoms with E-state index in [2.05, 4.69) is 91.3 Å². The minimum atomic E-state index is -4.77. The Morgan fingerprint density at radius 2 is 0.960 bits per heavy atom. The van der Waals surface area contributed by atoms with E-state index >= 15 is 0 Å². The monoisotopic (exact) mass is 720 g/mol. The molecule has 8 nitrogen and oxygen atoms in total. The second-order valence-electron chi connectivity index (χ2n) is 12.5. The van der Waals surface area contributed by atoms with Crippen LogP contribution in [-0.2, 0) is 28.2 Å². The summed E-state index contributed by atoms with van der Waals surface area (Å²) >= 11 is 0. The maximum absolute atomic E-state index is 12.4. The Balaban J connectivity index is 4.05. The SMILES string of the molecule is CC/C=C/C/C=C/C/C=C/CCCCCCCC(=O)O[C@H](COC(=O)CCCCCC/C=C/C/C=C/C/C=C/CCCCC)COP(=O)(O)O. The molecule has 0 aliphatic heterocycles. The molecule has 0 saturated heterocycles. The normalized spacial score (nSPS) is 13.3. The van der Waals surface area contributed by atoms with Gasteiger partial charge in [0.15, 0.2) is 6.10 Å². The van der Waals surface area contributed by atoms with Crippen molar-refractivity contribution in [2.24, 2.45) is 0 Å². The standard InChI is InChI=1S/C41H69O8P/c1-3-5-7-9-11-13-15-17-19-20-22-23-25-27-29-31-33-35-40(42)47-37-39(38-48-50(44,45)46)49-41(43)36-34-32-30-28-26-24-21-18-16-14-12-10-8-6-4-2/h6,8,11-14,17-19,21-23,39H,3-5,7,9-10,15-16,20,24-38H2,1-2H3,(H2,44,45,46)/b8-6+,13-11+,14-12+,19-17+,21-18+,23-22+/t39-/m1/s1. The number of carbonyl (C=O) groups excluding carboxylic acids is 2. The van der Waals surface area contributed by atoms with Crippen molar-refractivity contribution in [3.63, 3.8) is 0 Å². The summed E-state index contributed by atoms with van der Waals surface area (Å²) in [5.74, 6) is -0.937. The number of esters is 2. The quantitative estimate of drug-likeness (QED) is 0.0292. The van der Waals surface area contributed by atoms with Gasteiger partial charge in [-0.25, -0.2) is 4.57 Å². The summed E-state index contributed by atoms with van der Waals surface area (Å²) in [6.07, 6.45) is 46.2. The summed E-state index contributed by atoms with van der Waals surface area (Å²) in [6.45, 7) is 3.49. The van der Waals surface area contributed by atoms with Crippen LogP contribution < -0.4 is 0 Å². The molecular formula is C41H69O8P. The lowest BCUT2D eigenvalue weighted by Crippen LogP contribution is -2.29. The predicted octanol–water partition coefficient (Wildman–Crippen LogP) is 11.5. The first kappa shape index (κ1) is 47.5. The summed E-state index contributed by atoms with van der Waals surface area (Å²) < 4.78 is 26.3. The highest BCUT2D eigenvalue weighted by molar-refractivity contribution is 7.46. The zero-order valence-electron chi connectivity index (χ0n) is 31.3. The third kappa shape index (κ3) is 38.3. The molecule has 1 atom stereocenters. The summed E-state index contributed by atoms with van der Waals surface area (Å²) in [4.78, 5) is 42.7. The van der Waals surface area contributed by atoms with E-state index in [0.717, 1.165) is 89.9 Å². The van der Waals surface area contributed by atoms with Crippen molar-refractivity contribution in [1.29, 1.82) is 0 Å². The van der Waals surface area contributed by atoms with Crippen molar-refractivity contribution in [1.82, 2.24) is 0 Å². The van der Waals surface area contributed by atoms with Crippen molar-refractivity contribution >= 4 is 19.8 Å². The number of hydrogen-bond acceptors (Lipinski definition) is 6. The van der Waals surface area contributed by atoms with E-state index in [4.69, 9.17) is 19.3 Å². The smallest absolute Gasteiger partial charge is 0.462 e. The van der Waals surface area contributed by atoms with E-state index in [1.165, 1.54) is 25.7 Å². The molecule has 0 radical (unpaired) electrons. The zero-order chi connectivity index (χ0) is 36.8. The third-order valence-corrected chi connectivity index (χ3v) is 8.19. The van der Waals surface area contributed by atoms with Crippen molar-refractivity contribution in [3.8, 4) is 0 Å². The largest absolute Gasteiger partial charge is 0.469 e. The van der Waals surface area contributed by atoms with E-state index in [-0.39, 0.29) is 19.4 Å². The van der Waals surface area contributed by atoms with Gasteiger partial charge in [0.25, 0.3) is 0 Å². The van der Waals surface area contributed by atoms with Gasteiger partial charge in [0.1, 0.15) is 6.61 Å². The Morgan fingerprint density at radius 3 is 1.44 bits per heavy atom. The lowest BCUT2D eigenvalue weighted by Gasteiger charge is -2.18. The highest BCUT2D eigenvalue weighted by atomic mass is 31.2. The van der Waals surface area contributed by atoms with Gasteiger partial charge in [-0.1, -0.05) is 132 Å². The number of carbonyl (C=O) groups is 2. The lowest BCUT2D eigenvalue weighted by atomic mass is 10.1. The molecule has 0 aliphatic rings. The maximum Gasteiger partial charge on any atom is 0.469 e. The predicted molar refractivity (Wildman–Crippen MR) is 207 cm³/mol. The summed E-state index contributed by atoms with van der Waals surface area (Å²) in [6, 6.07) is 0. The van der Waals surface area contributed by atoms with Crippen LogP contribution in [0.15, 0.2) is 72.9 Å². The van der Waals surface area contributed by atoms with Gasteiger partial charge >= 0.3 is 19.8 Å². The fourth-order valence-corrected chi connectivity index (χ4v) is 5.22. The van der Waals surface area contributed by atoms with E-state index < -0.39 is 32.5 Å². The van der Waals surface area contributed by atoms with Crippen LogP contribution in [0.4, 0.5) is 0 Å². The van der Waals surface area contributed by atoms with Crippen LogP contribution in [0.2, 0.25) is 0 Å². The van der Waals surface area contributed by atoms with Crippen molar-refractivity contribution in [3.05, 3.63) is 72.9 Å². The Morgan fingerprint density at radius 1 is 0.540 bits per heavy atom. The van der Waals surface area contributed by atoms with Crippen LogP contribution >= 0.6 is 7.82 Å². The average molecular weight is 721 g/mol. The molecule has 286 valence electrons. The summed E-state index contributed by atoms with van der Waals surface area (Å²) in [7, 11) is -4.77. The Bertz CT molecular complexity index is 1040. The van der Waals surface area contributed by atoms with Gasteiger partial charge in [0, 0.05) is 12.8 Å². The summed E-state index contributed by atoms with van der Waals surface area (Å²) in [5.41, 5.74) is 0. The molecule has 0 bridgehead atoms. The average Bonchev–Trinajstić information content (AvgIpc) is 3.08. The van der Waals surface area contributed by atoms with Gasteiger partial charge in [-0.05, 0) is 83.5 Å². The minimum Gasteiger partial charge on any atom is -0.462 e. The molecule has 0 unspecified atom stereocenters. The van der Waals surface area contributed by atoms with Crippen LogP contribution in [0.25, 0.3) is 0 Å². The number of unbranched alkanes of at least 4 members (excludes halogenated alkanes) is 12. The van der Waals surface area contributed by atoms with E-state index in [1.807, 2.05) is 0 Å². The molecule has 0 saturated carbocycles. The molecule has 0 spiro atoms. The molecule has 0 amide bonds. The van der Waals surface area contributed by atoms with Crippen molar-refractivity contribution < 1.29 is 37.9 Å². The first-order valence-corrected chi connectivity index (χ1v) is 20.8. The molecule has 0 rings (SSSR count). The Labute approximate surface area is 304 Å². The molecule has 0 heterocycles. The first-order valence-electron chi connectivity index (χ1n) is 19.2. The fourth-order valence-electron chi connectivity index (χ4n) is 4.86. The number of ether oxygens (including phenoxy) is 2.